The molecule has 140 valence electrons. The lowest BCUT2D eigenvalue weighted by molar-refractivity contribution is -0.00628. The topological polar surface area (TPSA) is 64.7 Å². The van der Waals surface area contributed by atoms with Gasteiger partial charge in [0.15, 0.2) is 5.82 Å². The van der Waals surface area contributed by atoms with E-state index in [9.17, 15) is 4.79 Å². The first kappa shape index (κ1) is 17.6. The van der Waals surface area contributed by atoms with Crippen LogP contribution in [0, 0.1) is 5.92 Å². The van der Waals surface area contributed by atoms with Crippen molar-refractivity contribution in [2.75, 3.05) is 19.7 Å². The molecule has 0 unspecified atom stereocenters. The number of aromatic nitrogens is 4. The molecule has 1 saturated heterocycles. The Hall–Kier alpha value is -1.77. The Morgan fingerprint density at radius 2 is 2.08 bits per heavy atom. The van der Waals surface area contributed by atoms with E-state index in [1.165, 1.54) is 11.3 Å². The van der Waals surface area contributed by atoms with Crippen LogP contribution in [0.2, 0.25) is 0 Å². The molecule has 0 bridgehead atoms. The molecule has 0 spiro atoms. The normalized spacial score (nSPS) is 17.1. The summed E-state index contributed by atoms with van der Waals surface area (Å²) in [5.74, 6) is 2.07. The van der Waals surface area contributed by atoms with E-state index in [1.807, 2.05) is 15.8 Å². The van der Waals surface area contributed by atoms with Crippen molar-refractivity contribution in [3.05, 3.63) is 27.6 Å². The molecule has 8 heteroatoms. The maximum absolute atomic E-state index is 12.4. The molecule has 0 atom stereocenters. The van der Waals surface area contributed by atoms with Crippen LogP contribution in [0.1, 0.15) is 32.5 Å². The molecule has 26 heavy (non-hydrogen) atoms. The summed E-state index contributed by atoms with van der Waals surface area (Å²) in [5, 5.41) is 10.6. The van der Waals surface area contributed by atoms with E-state index in [4.69, 9.17) is 4.74 Å². The number of rotatable bonds is 5. The van der Waals surface area contributed by atoms with Gasteiger partial charge in [0.2, 0.25) is 5.78 Å². The van der Waals surface area contributed by atoms with E-state index in [0.29, 0.717) is 17.8 Å². The van der Waals surface area contributed by atoms with E-state index in [1.54, 1.807) is 11.6 Å². The molecule has 7 nitrogen and oxygen atoms in total. The molecule has 4 heterocycles. The molecule has 4 rings (SSSR count). The van der Waals surface area contributed by atoms with Crippen LogP contribution in [0.5, 0.6) is 0 Å². The van der Waals surface area contributed by atoms with E-state index >= 15 is 0 Å². The van der Waals surface area contributed by atoms with Crippen LogP contribution in [0.15, 0.2) is 16.2 Å². The molecule has 1 aliphatic heterocycles. The van der Waals surface area contributed by atoms with Crippen molar-refractivity contribution in [3.63, 3.8) is 0 Å². The highest BCUT2D eigenvalue weighted by atomic mass is 32.1. The number of ether oxygens (including phenoxy) is 1. The SMILES string of the molecule is CC(C)COC1CCN(Cc2nnc3n(C)c(=O)c4sccc4n23)CC1. The van der Waals surface area contributed by atoms with Crippen LogP contribution in [-0.2, 0) is 18.3 Å². The smallest absolute Gasteiger partial charge is 0.272 e. The van der Waals surface area contributed by atoms with Crippen molar-refractivity contribution >= 4 is 27.3 Å². The first-order valence-corrected chi connectivity index (χ1v) is 10.1. The van der Waals surface area contributed by atoms with Gasteiger partial charge in [-0.1, -0.05) is 13.8 Å². The Bertz CT molecular complexity index is 965. The van der Waals surface area contributed by atoms with Gasteiger partial charge in [0.05, 0.1) is 18.2 Å². The van der Waals surface area contributed by atoms with E-state index in [0.717, 1.165) is 55.1 Å². The molecule has 1 fully saturated rings. The minimum absolute atomic E-state index is 0.00966. The molecule has 0 aromatic carbocycles. The number of aryl methyl sites for hydroxylation is 1. The van der Waals surface area contributed by atoms with Crippen molar-refractivity contribution in [2.24, 2.45) is 13.0 Å². The maximum atomic E-state index is 12.4. The number of piperidine rings is 1. The number of thiophene rings is 1. The van der Waals surface area contributed by atoms with Gasteiger partial charge in [-0.3, -0.25) is 18.7 Å². The molecule has 0 aliphatic carbocycles. The lowest BCUT2D eigenvalue weighted by Gasteiger charge is -2.31. The van der Waals surface area contributed by atoms with Gasteiger partial charge in [0.25, 0.3) is 5.56 Å². The van der Waals surface area contributed by atoms with Gasteiger partial charge in [-0.25, -0.2) is 0 Å². The summed E-state index contributed by atoms with van der Waals surface area (Å²) in [6.45, 7) is 7.94. The van der Waals surface area contributed by atoms with Gasteiger partial charge < -0.3 is 4.74 Å². The molecule has 0 N–H and O–H groups in total. The lowest BCUT2D eigenvalue weighted by Crippen LogP contribution is -2.37. The number of hydrogen-bond acceptors (Lipinski definition) is 6. The third-order valence-electron chi connectivity index (χ3n) is 4.96. The summed E-state index contributed by atoms with van der Waals surface area (Å²) in [4.78, 5) is 14.8. The zero-order chi connectivity index (χ0) is 18.3. The fourth-order valence-corrected chi connectivity index (χ4v) is 4.37. The summed E-state index contributed by atoms with van der Waals surface area (Å²) in [5.41, 5.74) is 0.896. The van der Waals surface area contributed by atoms with Crippen LogP contribution in [-0.4, -0.2) is 49.9 Å². The Morgan fingerprint density at radius 1 is 1.31 bits per heavy atom. The van der Waals surface area contributed by atoms with Gasteiger partial charge in [-0.05, 0) is 30.2 Å². The lowest BCUT2D eigenvalue weighted by atomic mass is 10.1. The van der Waals surface area contributed by atoms with Crippen molar-refractivity contribution in [1.82, 2.24) is 24.1 Å². The van der Waals surface area contributed by atoms with Gasteiger partial charge in [-0.2, -0.15) is 0 Å². The third-order valence-corrected chi connectivity index (χ3v) is 5.85. The maximum Gasteiger partial charge on any atom is 0.272 e. The van der Waals surface area contributed by atoms with Gasteiger partial charge in [0, 0.05) is 26.7 Å². The Labute approximate surface area is 156 Å². The quantitative estimate of drug-likeness (QED) is 0.685. The van der Waals surface area contributed by atoms with Gasteiger partial charge in [-0.15, -0.1) is 21.5 Å². The predicted molar refractivity (Wildman–Crippen MR) is 103 cm³/mol. The summed E-state index contributed by atoms with van der Waals surface area (Å²) in [6, 6.07) is 1.98. The highest BCUT2D eigenvalue weighted by molar-refractivity contribution is 7.17. The first-order valence-electron chi connectivity index (χ1n) is 9.18. The molecule has 0 amide bonds. The summed E-state index contributed by atoms with van der Waals surface area (Å²) in [7, 11) is 1.76. The molecular weight excluding hydrogens is 350 g/mol. The van der Waals surface area contributed by atoms with Crippen molar-refractivity contribution in [3.8, 4) is 0 Å². The fraction of sp³-hybridized carbons (Fsp3) is 0.611. The number of nitrogens with zero attached hydrogens (tertiary/aromatic N) is 5. The summed E-state index contributed by atoms with van der Waals surface area (Å²) in [6.07, 6.45) is 2.47. The average molecular weight is 375 g/mol. The van der Waals surface area contributed by atoms with Crippen LogP contribution in [0.4, 0.5) is 0 Å². The summed E-state index contributed by atoms with van der Waals surface area (Å²) >= 11 is 1.47. The largest absolute Gasteiger partial charge is 0.378 e. The highest BCUT2D eigenvalue weighted by Crippen LogP contribution is 2.21. The minimum atomic E-state index is -0.00966. The molecule has 0 radical (unpaired) electrons. The molecule has 3 aromatic rings. The molecule has 3 aromatic heterocycles. The van der Waals surface area contributed by atoms with Gasteiger partial charge in [0.1, 0.15) is 4.70 Å². The van der Waals surface area contributed by atoms with Crippen molar-refractivity contribution < 1.29 is 4.74 Å². The monoisotopic (exact) mass is 375 g/mol. The summed E-state index contributed by atoms with van der Waals surface area (Å²) < 4.78 is 10.3. The van der Waals surface area contributed by atoms with E-state index in [2.05, 4.69) is 28.9 Å². The second kappa shape index (κ2) is 7.09. The Balaban J connectivity index is 1.53. The second-order valence-corrected chi connectivity index (χ2v) is 8.37. The van der Waals surface area contributed by atoms with Crippen LogP contribution < -0.4 is 5.56 Å². The Kier molecular flexibility index (Phi) is 4.81. The highest BCUT2D eigenvalue weighted by Gasteiger charge is 2.23. The van der Waals surface area contributed by atoms with Crippen LogP contribution in [0.25, 0.3) is 16.0 Å². The minimum Gasteiger partial charge on any atom is -0.378 e. The zero-order valence-electron chi connectivity index (χ0n) is 15.5. The van der Waals surface area contributed by atoms with Crippen molar-refractivity contribution in [2.45, 2.75) is 39.3 Å². The van der Waals surface area contributed by atoms with E-state index in [-0.39, 0.29) is 5.56 Å². The number of hydrogen-bond donors (Lipinski definition) is 0. The van der Waals surface area contributed by atoms with Crippen LogP contribution >= 0.6 is 11.3 Å². The molecule has 1 aliphatic rings. The standard InChI is InChI=1S/C18H25N5O2S/c1-12(2)11-25-13-4-7-22(8-5-13)10-15-19-20-18-21(3)17(24)16-14(23(15)18)6-9-26-16/h6,9,12-13H,4-5,7-8,10-11H2,1-3H3. The van der Waals surface area contributed by atoms with Crippen molar-refractivity contribution in [1.29, 1.82) is 0 Å². The molecule has 0 saturated carbocycles. The number of likely N-dealkylation sites (tertiary alicyclic amines) is 1. The third kappa shape index (κ3) is 3.17. The zero-order valence-corrected chi connectivity index (χ0v) is 16.3. The Morgan fingerprint density at radius 3 is 2.81 bits per heavy atom. The predicted octanol–water partition coefficient (Wildman–Crippen LogP) is 2.28. The molecular formula is C18H25N5O2S. The number of fused-ring (bicyclic) bond motifs is 3. The van der Waals surface area contributed by atoms with Crippen LogP contribution in [0.3, 0.4) is 0 Å². The fourth-order valence-electron chi connectivity index (χ4n) is 3.52. The van der Waals surface area contributed by atoms with E-state index < -0.39 is 0 Å². The average Bonchev–Trinajstić information content (AvgIpc) is 3.26. The van der Waals surface area contributed by atoms with Gasteiger partial charge >= 0.3 is 0 Å². The second-order valence-electron chi connectivity index (χ2n) is 7.45. The first-order chi connectivity index (χ1) is 12.5.